The van der Waals surface area contributed by atoms with E-state index in [1.54, 1.807) is 42.5 Å². The highest BCUT2D eigenvalue weighted by atomic mass is 19.1. The van der Waals surface area contributed by atoms with Crippen molar-refractivity contribution < 1.29 is 28.7 Å². The lowest BCUT2D eigenvalue weighted by molar-refractivity contribution is 0.0705. The molecule has 8 heteroatoms. The second-order valence-corrected chi connectivity index (χ2v) is 6.46. The van der Waals surface area contributed by atoms with Crippen LogP contribution in [-0.2, 0) is 0 Å². The summed E-state index contributed by atoms with van der Waals surface area (Å²) in [6, 6.07) is 17.7. The lowest BCUT2D eigenvalue weighted by Crippen LogP contribution is -2.34. The molecule has 4 rings (SSSR count). The zero-order chi connectivity index (χ0) is 21.1. The average molecular weight is 408 g/mol. The number of carbonyl (C=O) groups is 2. The maximum absolute atomic E-state index is 14.2. The number of nitrogens with one attached hydrogen (secondary N) is 1. The van der Waals surface area contributed by atoms with E-state index in [2.05, 4.69) is 0 Å². The molecule has 1 aliphatic rings. The molecule has 0 unspecified atom stereocenters. The summed E-state index contributed by atoms with van der Waals surface area (Å²) in [7, 11) is 0. The van der Waals surface area contributed by atoms with Crippen LogP contribution < -0.4 is 19.9 Å². The molecule has 0 spiro atoms. The van der Waals surface area contributed by atoms with Crippen LogP contribution in [0.2, 0.25) is 0 Å². The number of rotatable bonds is 5. The average Bonchev–Trinajstić information content (AvgIpc) is 2.89. The zero-order valence-corrected chi connectivity index (χ0v) is 15.7. The summed E-state index contributed by atoms with van der Waals surface area (Å²) in [6.07, 6.45) is 0. The number of amides is 2. The van der Waals surface area contributed by atoms with Gasteiger partial charge in [0.05, 0.1) is 17.8 Å². The van der Waals surface area contributed by atoms with Crippen molar-refractivity contribution in [3.63, 3.8) is 0 Å². The first-order valence-corrected chi connectivity index (χ1v) is 9.13. The van der Waals surface area contributed by atoms with Crippen LogP contribution in [0.5, 0.6) is 17.2 Å². The quantitative estimate of drug-likeness (QED) is 0.496. The van der Waals surface area contributed by atoms with E-state index in [1.807, 2.05) is 6.07 Å². The molecule has 0 bridgehead atoms. The molecule has 0 saturated heterocycles. The van der Waals surface area contributed by atoms with Gasteiger partial charge in [-0.1, -0.05) is 24.3 Å². The van der Waals surface area contributed by atoms with Crippen molar-refractivity contribution in [2.75, 3.05) is 18.1 Å². The third-order valence-corrected chi connectivity index (χ3v) is 4.61. The van der Waals surface area contributed by atoms with Crippen molar-refractivity contribution in [2.24, 2.45) is 0 Å². The Labute approximate surface area is 171 Å². The van der Waals surface area contributed by atoms with E-state index < -0.39 is 11.7 Å². The van der Waals surface area contributed by atoms with Gasteiger partial charge in [0.1, 0.15) is 12.4 Å². The molecule has 1 heterocycles. The van der Waals surface area contributed by atoms with Gasteiger partial charge in [0.15, 0.2) is 17.3 Å². The van der Waals surface area contributed by atoms with E-state index in [-0.39, 0.29) is 30.4 Å². The number of nitrogens with zero attached hydrogens (tertiary/aromatic N) is 1. The third-order valence-electron chi connectivity index (χ3n) is 4.61. The Bertz CT molecular complexity index is 1120. The summed E-state index contributed by atoms with van der Waals surface area (Å²) in [5.74, 6) is -0.923. The van der Waals surface area contributed by atoms with E-state index >= 15 is 0 Å². The molecule has 152 valence electrons. The first-order valence-electron chi connectivity index (χ1n) is 9.13. The molecule has 0 aromatic heterocycles. The van der Waals surface area contributed by atoms with Crippen molar-refractivity contribution >= 4 is 17.5 Å². The monoisotopic (exact) mass is 408 g/mol. The van der Waals surface area contributed by atoms with Gasteiger partial charge >= 0.3 is 0 Å². The number of fused-ring (bicyclic) bond motifs is 2. The molecule has 0 radical (unpaired) electrons. The van der Waals surface area contributed by atoms with Crippen LogP contribution in [0.25, 0.3) is 0 Å². The summed E-state index contributed by atoms with van der Waals surface area (Å²) >= 11 is 0. The van der Waals surface area contributed by atoms with Gasteiger partial charge in [-0.2, -0.15) is 0 Å². The van der Waals surface area contributed by atoms with Crippen LogP contribution >= 0.6 is 0 Å². The molecular formula is C22H17FN2O5. The first-order chi connectivity index (χ1) is 14.6. The van der Waals surface area contributed by atoms with E-state index in [0.29, 0.717) is 22.7 Å². The Hall–Kier alpha value is -3.91. The summed E-state index contributed by atoms with van der Waals surface area (Å²) in [6.45, 7) is 0.149. The first kappa shape index (κ1) is 19.4. The fraction of sp³-hybridized carbons (Fsp3) is 0.0909. The molecule has 0 fully saturated rings. The summed E-state index contributed by atoms with van der Waals surface area (Å²) in [5.41, 5.74) is 2.39. The van der Waals surface area contributed by atoms with Gasteiger partial charge in [-0.05, 0) is 42.5 Å². The fourth-order valence-electron chi connectivity index (χ4n) is 3.16. The lowest BCUT2D eigenvalue weighted by Gasteiger charge is -2.22. The van der Waals surface area contributed by atoms with Crippen LogP contribution in [-0.4, -0.2) is 30.2 Å². The number of hydroxylamine groups is 1. The molecular weight excluding hydrogens is 391 g/mol. The smallest absolute Gasteiger partial charge is 0.274 e. The van der Waals surface area contributed by atoms with E-state index in [4.69, 9.17) is 14.7 Å². The third kappa shape index (κ3) is 3.68. The van der Waals surface area contributed by atoms with Crippen molar-refractivity contribution in [3.8, 4) is 17.2 Å². The standard InChI is InChI=1S/C22H17FN2O5/c23-16-13-14(21(26)24-28)9-10-19(16)29-12-11-25-17-6-2-4-8-20(17)30-18-7-3-1-5-15(18)22(25)27/h1-10,13,28H,11-12H2,(H,24,26). The number of hydrogen-bond donors (Lipinski definition) is 2. The van der Waals surface area contributed by atoms with Gasteiger partial charge < -0.3 is 14.4 Å². The second kappa shape index (κ2) is 8.22. The highest BCUT2D eigenvalue weighted by Crippen LogP contribution is 2.38. The van der Waals surface area contributed by atoms with E-state index in [9.17, 15) is 14.0 Å². The second-order valence-electron chi connectivity index (χ2n) is 6.46. The molecule has 0 saturated carbocycles. The summed E-state index contributed by atoms with van der Waals surface area (Å²) in [4.78, 5) is 26.0. The van der Waals surface area contributed by atoms with Crippen LogP contribution in [0.3, 0.4) is 0 Å². The summed E-state index contributed by atoms with van der Waals surface area (Å²) < 4.78 is 25.6. The molecule has 30 heavy (non-hydrogen) atoms. The highest BCUT2D eigenvalue weighted by molar-refractivity contribution is 6.09. The largest absolute Gasteiger partial charge is 0.489 e. The van der Waals surface area contributed by atoms with Crippen LogP contribution in [0, 0.1) is 5.82 Å². The molecule has 0 aliphatic carbocycles. The van der Waals surface area contributed by atoms with Gasteiger partial charge in [0.2, 0.25) is 0 Å². The Morgan fingerprint density at radius 1 is 1.07 bits per heavy atom. The van der Waals surface area contributed by atoms with Crippen molar-refractivity contribution in [3.05, 3.63) is 83.7 Å². The number of carbonyl (C=O) groups excluding carboxylic acids is 2. The van der Waals surface area contributed by atoms with Crippen molar-refractivity contribution in [1.29, 1.82) is 0 Å². The van der Waals surface area contributed by atoms with Crippen molar-refractivity contribution in [2.45, 2.75) is 0 Å². The molecule has 2 N–H and O–H groups in total. The normalized spacial score (nSPS) is 12.3. The molecule has 2 amide bonds. The van der Waals surface area contributed by atoms with Crippen LogP contribution in [0.4, 0.5) is 10.1 Å². The molecule has 0 atom stereocenters. The number of hydrogen-bond acceptors (Lipinski definition) is 5. The predicted octanol–water partition coefficient (Wildman–Crippen LogP) is 3.78. The predicted molar refractivity (Wildman–Crippen MR) is 106 cm³/mol. The highest BCUT2D eigenvalue weighted by Gasteiger charge is 2.27. The van der Waals surface area contributed by atoms with Crippen LogP contribution in [0.15, 0.2) is 66.7 Å². The Kier molecular flexibility index (Phi) is 5.32. The van der Waals surface area contributed by atoms with Gasteiger partial charge in [0.25, 0.3) is 11.8 Å². The van der Waals surface area contributed by atoms with Crippen molar-refractivity contribution in [1.82, 2.24) is 5.48 Å². The topological polar surface area (TPSA) is 88.1 Å². The number of anilines is 1. The number of ether oxygens (including phenoxy) is 2. The fourth-order valence-corrected chi connectivity index (χ4v) is 3.16. The van der Waals surface area contributed by atoms with Gasteiger partial charge in [0, 0.05) is 5.56 Å². The molecule has 3 aromatic rings. The van der Waals surface area contributed by atoms with E-state index in [0.717, 1.165) is 6.07 Å². The maximum Gasteiger partial charge on any atom is 0.274 e. The molecule has 1 aliphatic heterocycles. The maximum atomic E-state index is 14.2. The minimum atomic E-state index is -0.828. The molecule has 7 nitrogen and oxygen atoms in total. The molecule has 3 aromatic carbocycles. The van der Waals surface area contributed by atoms with E-state index in [1.165, 1.54) is 22.5 Å². The Morgan fingerprint density at radius 2 is 1.80 bits per heavy atom. The SMILES string of the molecule is O=C(NO)c1ccc(OCCN2C(=O)c3ccccc3Oc3ccccc32)c(F)c1. The Balaban J connectivity index is 1.54. The van der Waals surface area contributed by atoms with Gasteiger partial charge in [-0.15, -0.1) is 0 Å². The number of halogens is 1. The van der Waals surface area contributed by atoms with Crippen LogP contribution in [0.1, 0.15) is 20.7 Å². The minimum Gasteiger partial charge on any atom is -0.489 e. The number of para-hydroxylation sites is 3. The van der Waals surface area contributed by atoms with Gasteiger partial charge in [-0.3, -0.25) is 14.8 Å². The minimum absolute atomic E-state index is 0.00467. The Morgan fingerprint density at radius 3 is 2.57 bits per heavy atom. The van der Waals surface area contributed by atoms with Gasteiger partial charge in [-0.25, -0.2) is 9.87 Å². The lowest BCUT2D eigenvalue weighted by atomic mass is 10.1. The summed E-state index contributed by atoms with van der Waals surface area (Å²) in [5, 5.41) is 8.63. The zero-order valence-electron chi connectivity index (χ0n) is 15.7. The number of benzene rings is 3.